The molecule has 0 aliphatic rings. The van der Waals surface area contributed by atoms with Crippen molar-refractivity contribution in [1.82, 2.24) is 9.88 Å². The lowest BCUT2D eigenvalue weighted by Gasteiger charge is -2.17. The van der Waals surface area contributed by atoms with Gasteiger partial charge >= 0.3 is 0 Å². The van der Waals surface area contributed by atoms with Gasteiger partial charge in [0, 0.05) is 17.0 Å². The number of nitrogens with zero attached hydrogens (tertiary/aromatic N) is 2. The van der Waals surface area contributed by atoms with E-state index in [1.165, 1.54) is 13.0 Å². The molecule has 0 unspecified atom stereocenters. The van der Waals surface area contributed by atoms with Crippen molar-refractivity contribution in [3.8, 4) is 0 Å². The Kier molecular flexibility index (Phi) is 6.27. The molecule has 0 spiro atoms. The molecule has 2 aromatic rings. The summed E-state index contributed by atoms with van der Waals surface area (Å²) in [5.41, 5.74) is 0.940. The van der Waals surface area contributed by atoms with Crippen LogP contribution in [-0.4, -0.2) is 36.1 Å². The normalized spacial score (nSPS) is 11.2. The number of rotatable bonds is 8. The Bertz CT molecular complexity index is 567. The molecule has 2 rings (SSSR count). The third-order valence-electron chi connectivity index (χ3n) is 3.76. The lowest BCUT2D eigenvalue weighted by atomic mass is 10.2. The highest BCUT2D eigenvalue weighted by Crippen LogP contribution is 2.19. The maximum absolute atomic E-state index is 6.01. The van der Waals surface area contributed by atoms with E-state index in [1.54, 1.807) is 0 Å². The summed E-state index contributed by atoms with van der Waals surface area (Å²) in [7, 11) is 0. The van der Waals surface area contributed by atoms with Crippen LogP contribution in [0.4, 0.5) is 5.82 Å². The summed E-state index contributed by atoms with van der Waals surface area (Å²) in [5.74, 6) is 0.924. The fourth-order valence-corrected chi connectivity index (χ4v) is 2.57. The molecular weight excluding hydrogens is 282 g/mol. The first-order valence-corrected chi connectivity index (χ1v) is 8.13. The summed E-state index contributed by atoms with van der Waals surface area (Å²) in [6, 6.07) is 9.91. The van der Waals surface area contributed by atoms with Gasteiger partial charge < -0.3 is 10.2 Å². The zero-order valence-corrected chi connectivity index (χ0v) is 13.7. The van der Waals surface area contributed by atoms with Crippen LogP contribution < -0.4 is 5.32 Å². The smallest absolute Gasteiger partial charge is 0.126 e. The molecule has 1 aromatic carbocycles. The third-order valence-corrected chi connectivity index (χ3v) is 3.99. The number of halogens is 1. The molecule has 0 atom stereocenters. The fourth-order valence-electron chi connectivity index (χ4n) is 2.41. The van der Waals surface area contributed by atoms with Gasteiger partial charge in [-0.3, -0.25) is 0 Å². The van der Waals surface area contributed by atoms with Crippen molar-refractivity contribution < 1.29 is 0 Å². The molecule has 1 aromatic heterocycles. The number of hydrogen-bond acceptors (Lipinski definition) is 3. The largest absolute Gasteiger partial charge is 0.370 e. The van der Waals surface area contributed by atoms with Crippen molar-refractivity contribution in [3.63, 3.8) is 0 Å². The van der Waals surface area contributed by atoms with E-state index in [4.69, 9.17) is 11.6 Å². The molecule has 0 radical (unpaired) electrons. The first-order chi connectivity index (χ1) is 10.2. The van der Waals surface area contributed by atoms with Crippen molar-refractivity contribution in [2.45, 2.75) is 26.7 Å². The van der Waals surface area contributed by atoms with Crippen LogP contribution in [0.2, 0.25) is 5.02 Å². The van der Waals surface area contributed by atoms with Gasteiger partial charge in [0.2, 0.25) is 0 Å². The van der Waals surface area contributed by atoms with E-state index in [2.05, 4.69) is 35.1 Å². The second-order valence-electron chi connectivity index (χ2n) is 5.19. The molecule has 0 aliphatic carbocycles. The van der Waals surface area contributed by atoms with Gasteiger partial charge in [0.25, 0.3) is 0 Å². The van der Waals surface area contributed by atoms with E-state index >= 15 is 0 Å². The summed E-state index contributed by atoms with van der Waals surface area (Å²) < 4.78 is 0. The minimum atomic E-state index is 0.728. The van der Waals surface area contributed by atoms with Gasteiger partial charge in [-0.05, 0) is 56.7 Å². The van der Waals surface area contributed by atoms with Crippen molar-refractivity contribution in [2.75, 3.05) is 31.5 Å². The predicted octanol–water partition coefficient (Wildman–Crippen LogP) is 4.42. The summed E-state index contributed by atoms with van der Waals surface area (Å²) in [6.07, 6.45) is 2.37. The van der Waals surface area contributed by atoms with E-state index in [0.717, 1.165) is 47.8 Å². The molecule has 4 heteroatoms. The van der Waals surface area contributed by atoms with Gasteiger partial charge in [-0.15, -0.1) is 0 Å². The first kappa shape index (κ1) is 16.1. The molecule has 0 fully saturated rings. The van der Waals surface area contributed by atoms with Crippen molar-refractivity contribution >= 4 is 28.3 Å². The molecular formula is C17H24ClN3. The van der Waals surface area contributed by atoms with Crippen LogP contribution in [0, 0.1) is 0 Å². The Morgan fingerprint density at radius 2 is 1.86 bits per heavy atom. The Hall–Kier alpha value is -1.32. The van der Waals surface area contributed by atoms with Gasteiger partial charge in [0.1, 0.15) is 5.82 Å². The van der Waals surface area contributed by atoms with E-state index < -0.39 is 0 Å². The van der Waals surface area contributed by atoms with E-state index in [0.29, 0.717) is 0 Å². The van der Waals surface area contributed by atoms with Crippen LogP contribution in [0.5, 0.6) is 0 Å². The molecule has 21 heavy (non-hydrogen) atoms. The lowest BCUT2D eigenvalue weighted by molar-refractivity contribution is 0.298. The SMILES string of the molecule is CCN(CC)CCCCNc1ccc2ccc(Cl)cc2n1. The molecule has 0 saturated carbocycles. The number of hydrogen-bond donors (Lipinski definition) is 1. The van der Waals surface area contributed by atoms with Gasteiger partial charge in [0.05, 0.1) is 5.52 Å². The van der Waals surface area contributed by atoms with Gasteiger partial charge in [-0.2, -0.15) is 0 Å². The maximum Gasteiger partial charge on any atom is 0.126 e. The van der Waals surface area contributed by atoms with Crippen LogP contribution in [0.15, 0.2) is 30.3 Å². The molecule has 0 aliphatic heterocycles. The highest BCUT2D eigenvalue weighted by atomic mass is 35.5. The molecule has 3 nitrogen and oxygen atoms in total. The second-order valence-corrected chi connectivity index (χ2v) is 5.63. The fraction of sp³-hybridized carbons (Fsp3) is 0.471. The van der Waals surface area contributed by atoms with Crippen LogP contribution in [0.25, 0.3) is 10.9 Å². The van der Waals surface area contributed by atoms with Crippen molar-refractivity contribution in [1.29, 1.82) is 0 Å². The number of anilines is 1. The Morgan fingerprint density at radius 1 is 1.10 bits per heavy atom. The minimum absolute atomic E-state index is 0.728. The second kappa shape index (κ2) is 8.20. The Morgan fingerprint density at radius 3 is 2.62 bits per heavy atom. The van der Waals surface area contributed by atoms with E-state index in [9.17, 15) is 0 Å². The van der Waals surface area contributed by atoms with Crippen LogP contribution >= 0.6 is 11.6 Å². The number of fused-ring (bicyclic) bond motifs is 1. The number of unbranched alkanes of at least 4 members (excludes halogenated alkanes) is 1. The summed E-state index contributed by atoms with van der Waals surface area (Å²) in [6.45, 7) is 8.83. The molecule has 1 heterocycles. The topological polar surface area (TPSA) is 28.2 Å². The number of benzene rings is 1. The molecule has 0 bridgehead atoms. The highest BCUT2D eigenvalue weighted by molar-refractivity contribution is 6.31. The van der Waals surface area contributed by atoms with E-state index in [1.807, 2.05) is 24.3 Å². The van der Waals surface area contributed by atoms with Crippen molar-refractivity contribution in [3.05, 3.63) is 35.4 Å². The van der Waals surface area contributed by atoms with Gasteiger partial charge in [0.15, 0.2) is 0 Å². The van der Waals surface area contributed by atoms with E-state index in [-0.39, 0.29) is 0 Å². The maximum atomic E-state index is 6.01. The quantitative estimate of drug-likeness (QED) is 0.732. The first-order valence-electron chi connectivity index (χ1n) is 7.75. The lowest BCUT2D eigenvalue weighted by Crippen LogP contribution is -2.24. The Labute approximate surface area is 132 Å². The Balaban J connectivity index is 1.81. The summed E-state index contributed by atoms with van der Waals surface area (Å²) >= 11 is 6.01. The van der Waals surface area contributed by atoms with Crippen LogP contribution in [-0.2, 0) is 0 Å². The van der Waals surface area contributed by atoms with Gasteiger partial charge in [-0.1, -0.05) is 31.5 Å². The average Bonchev–Trinajstić information content (AvgIpc) is 2.50. The predicted molar refractivity (Wildman–Crippen MR) is 92.3 cm³/mol. The number of pyridine rings is 1. The van der Waals surface area contributed by atoms with Gasteiger partial charge in [-0.25, -0.2) is 4.98 Å². The molecule has 0 saturated heterocycles. The zero-order chi connectivity index (χ0) is 15.1. The minimum Gasteiger partial charge on any atom is -0.370 e. The molecule has 114 valence electrons. The summed E-state index contributed by atoms with van der Waals surface area (Å²) in [5, 5.41) is 5.24. The van der Waals surface area contributed by atoms with Crippen molar-refractivity contribution in [2.24, 2.45) is 0 Å². The molecule has 0 amide bonds. The highest BCUT2D eigenvalue weighted by Gasteiger charge is 2.00. The summed E-state index contributed by atoms with van der Waals surface area (Å²) in [4.78, 5) is 7.05. The molecule has 1 N–H and O–H groups in total. The number of aromatic nitrogens is 1. The van der Waals surface area contributed by atoms with Crippen LogP contribution in [0.1, 0.15) is 26.7 Å². The zero-order valence-electron chi connectivity index (χ0n) is 12.9. The third kappa shape index (κ3) is 4.87. The number of nitrogens with one attached hydrogen (secondary N) is 1. The standard InChI is InChI=1S/C17H24ClN3/c1-3-21(4-2)12-6-5-11-19-17-10-8-14-7-9-15(18)13-16(14)20-17/h7-10,13H,3-6,11-12H2,1-2H3,(H,19,20). The monoisotopic (exact) mass is 305 g/mol. The van der Waals surface area contributed by atoms with Crippen LogP contribution in [0.3, 0.4) is 0 Å². The average molecular weight is 306 g/mol.